The Balaban J connectivity index is 1.35. The average Bonchev–Trinajstić information content (AvgIpc) is 3.43. The number of rotatable bonds is 4. The van der Waals surface area contributed by atoms with Crippen LogP contribution in [-0.4, -0.2) is 40.1 Å². The molecule has 0 bridgehead atoms. The third-order valence-corrected chi connectivity index (χ3v) is 7.10. The van der Waals surface area contributed by atoms with Gasteiger partial charge in [0.15, 0.2) is 0 Å². The fourth-order valence-electron chi connectivity index (χ4n) is 4.69. The van der Waals surface area contributed by atoms with Gasteiger partial charge in [0.2, 0.25) is 5.91 Å². The molecule has 1 saturated heterocycles. The number of anilines is 1. The molecule has 6 nitrogen and oxygen atoms in total. The Labute approximate surface area is 173 Å². The Bertz CT molecular complexity index is 1080. The summed E-state index contributed by atoms with van der Waals surface area (Å²) in [6.45, 7) is 3.10. The fraction of sp³-hybridized carbons (Fsp3) is 0.409. The Morgan fingerprint density at radius 1 is 1.38 bits per heavy atom. The summed E-state index contributed by atoms with van der Waals surface area (Å²) in [5.74, 6) is 0.793. The van der Waals surface area contributed by atoms with Crippen molar-refractivity contribution in [1.29, 1.82) is 0 Å². The van der Waals surface area contributed by atoms with E-state index in [1.54, 1.807) is 17.7 Å². The van der Waals surface area contributed by atoms with E-state index >= 15 is 0 Å². The summed E-state index contributed by atoms with van der Waals surface area (Å²) in [6, 6.07) is 9.78. The minimum atomic E-state index is -0.984. The molecule has 0 spiro atoms. The molecule has 2 atom stereocenters. The second-order valence-corrected chi connectivity index (χ2v) is 9.27. The zero-order chi connectivity index (χ0) is 20.0. The van der Waals surface area contributed by atoms with E-state index in [9.17, 15) is 9.90 Å². The Morgan fingerprint density at radius 3 is 3.14 bits per heavy atom. The molecule has 150 valence electrons. The van der Waals surface area contributed by atoms with Crippen LogP contribution in [-0.2, 0) is 16.8 Å². The lowest BCUT2D eigenvalue weighted by atomic mass is 9.96. The van der Waals surface area contributed by atoms with Crippen molar-refractivity contribution in [2.75, 3.05) is 18.0 Å². The second kappa shape index (κ2) is 7.07. The van der Waals surface area contributed by atoms with Crippen molar-refractivity contribution in [3.8, 4) is 0 Å². The predicted molar refractivity (Wildman–Crippen MR) is 114 cm³/mol. The lowest BCUT2D eigenvalue weighted by Gasteiger charge is -2.28. The van der Waals surface area contributed by atoms with Crippen molar-refractivity contribution in [2.24, 2.45) is 0 Å². The highest BCUT2D eigenvalue weighted by atomic mass is 32.1. The van der Waals surface area contributed by atoms with Crippen LogP contribution in [0.2, 0.25) is 0 Å². The first-order chi connectivity index (χ1) is 14.0. The highest BCUT2D eigenvalue weighted by Gasteiger charge is 2.38. The quantitative estimate of drug-likeness (QED) is 0.694. The maximum absolute atomic E-state index is 13.1. The van der Waals surface area contributed by atoms with E-state index in [4.69, 9.17) is 0 Å². The second-order valence-electron chi connectivity index (χ2n) is 8.03. The van der Waals surface area contributed by atoms with Crippen LogP contribution in [0, 0.1) is 6.92 Å². The molecule has 1 aliphatic carbocycles. The number of hydrogen-bond donors (Lipinski definition) is 2. The van der Waals surface area contributed by atoms with E-state index in [0.29, 0.717) is 6.42 Å². The van der Waals surface area contributed by atoms with Gasteiger partial charge in [0, 0.05) is 11.4 Å². The van der Waals surface area contributed by atoms with Gasteiger partial charge in [0.05, 0.1) is 11.9 Å². The number of aromatic nitrogens is 2. The zero-order valence-electron chi connectivity index (χ0n) is 16.4. The van der Waals surface area contributed by atoms with E-state index in [2.05, 4.69) is 39.2 Å². The van der Waals surface area contributed by atoms with Gasteiger partial charge < -0.3 is 15.3 Å². The molecular formula is C22H24N4O2S. The van der Waals surface area contributed by atoms with E-state index in [1.807, 2.05) is 18.2 Å². The highest BCUT2D eigenvalue weighted by molar-refractivity contribution is 7.18. The van der Waals surface area contributed by atoms with Gasteiger partial charge in [-0.2, -0.15) is 0 Å². The van der Waals surface area contributed by atoms with Gasteiger partial charge in [-0.3, -0.25) is 4.79 Å². The number of fused-ring (bicyclic) bond motifs is 2. The van der Waals surface area contributed by atoms with Gasteiger partial charge in [-0.1, -0.05) is 24.3 Å². The van der Waals surface area contributed by atoms with Gasteiger partial charge in [0.1, 0.15) is 28.6 Å². The number of benzene rings is 1. The molecule has 1 aromatic carbocycles. The normalized spacial score (nSPS) is 23.5. The first-order valence-electron chi connectivity index (χ1n) is 10.1. The molecule has 3 heterocycles. The lowest BCUT2D eigenvalue weighted by Crippen LogP contribution is -2.48. The number of aliphatic hydroxyl groups is 1. The van der Waals surface area contributed by atoms with Crippen LogP contribution in [0.15, 0.2) is 36.7 Å². The number of nitrogens with one attached hydrogen (secondary N) is 1. The molecule has 2 aliphatic rings. The van der Waals surface area contributed by atoms with Crippen LogP contribution >= 0.6 is 11.3 Å². The van der Waals surface area contributed by atoms with Crippen molar-refractivity contribution >= 4 is 33.3 Å². The molecule has 7 heteroatoms. The monoisotopic (exact) mass is 408 g/mol. The molecule has 2 aromatic heterocycles. The Morgan fingerprint density at radius 2 is 2.24 bits per heavy atom. The number of carbonyl (C=O) groups is 1. The average molecular weight is 409 g/mol. The minimum Gasteiger partial charge on any atom is -0.383 e. The molecular weight excluding hydrogens is 384 g/mol. The van der Waals surface area contributed by atoms with Gasteiger partial charge in [-0.15, -0.1) is 11.3 Å². The van der Waals surface area contributed by atoms with Gasteiger partial charge in [0.25, 0.3) is 0 Å². The first-order valence-corrected chi connectivity index (χ1v) is 10.9. The van der Waals surface area contributed by atoms with Crippen molar-refractivity contribution in [3.05, 3.63) is 52.7 Å². The molecule has 1 aliphatic heterocycles. The topological polar surface area (TPSA) is 78.4 Å². The summed E-state index contributed by atoms with van der Waals surface area (Å²) in [6.07, 6.45) is 4.80. The molecule has 0 saturated carbocycles. The van der Waals surface area contributed by atoms with Gasteiger partial charge >= 0.3 is 0 Å². The number of amides is 1. The molecule has 5 rings (SSSR count). The summed E-state index contributed by atoms with van der Waals surface area (Å²) in [5, 5.41) is 15.2. The summed E-state index contributed by atoms with van der Waals surface area (Å²) in [5.41, 5.74) is 1.13. The van der Waals surface area contributed by atoms with Crippen LogP contribution in [0.4, 0.5) is 5.82 Å². The van der Waals surface area contributed by atoms with E-state index in [1.165, 1.54) is 10.4 Å². The SMILES string of the molecule is Cc1cc2c(N3CCCC3C(=O)NCC3(O)CCc4ccccc43)ncnc2s1. The number of hydrogen-bond acceptors (Lipinski definition) is 6. The van der Waals surface area contributed by atoms with Crippen molar-refractivity contribution in [3.63, 3.8) is 0 Å². The van der Waals surface area contributed by atoms with Crippen molar-refractivity contribution in [2.45, 2.75) is 44.2 Å². The van der Waals surface area contributed by atoms with E-state index in [0.717, 1.165) is 47.4 Å². The number of thiophene rings is 1. The Kier molecular flexibility index (Phi) is 4.52. The highest BCUT2D eigenvalue weighted by Crippen LogP contribution is 2.37. The summed E-state index contributed by atoms with van der Waals surface area (Å²) < 4.78 is 0. The van der Waals surface area contributed by atoms with Crippen LogP contribution < -0.4 is 10.2 Å². The summed E-state index contributed by atoms with van der Waals surface area (Å²) in [4.78, 5) is 26.2. The molecule has 2 unspecified atom stereocenters. The van der Waals surface area contributed by atoms with E-state index < -0.39 is 5.60 Å². The number of aryl methyl sites for hydroxylation is 2. The maximum Gasteiger partial charge on any atom is 0.242 e. The van der Waals surface area contributed by atoms with Crippen LogP contribution in [0.5, 0.6) is 0 Å². The van der Waals surface area contributed by atoms with Gasteiger partial charge in [-0.25, -0.2) is 9.97 Å². The van der Waals surface area contributed by atoms with Crippen molar-refractivity contribution in [1.82, 2.24) is 15.3 Å². The molecule has 1 fully saturated rings. The summed E-state index contributed by atoms with van der Waals surface area (Å²) in [7, 11) is 0. The van der Waals surface area contributed by atoms with Crippen LogP contribution in [0.1, 0.15) is 35.3 Å². The maximum atomic E-state index is 13.1. The van der Waals surface area contributed by atoms with Gasteiger partial charge in [-0.05, 0) is 49.8 Å². The van der Waals surface area contributed by atoms with Crippen LogP contribution in [0.3, 0.4) is 0 Å². The number of carbonyl (C=O) groups excluding carboxylic acids is 1. The third-order valence-electron chi connectivity index (χ3n) is 6.14. The smallest absolute Gasteiger partial charge is 0.242 e. The molecule has 29 heavy (non-hydrogen) atoms. The largest absolute Gasteiger partial charge is 0.383 e. The molecule has 2 N–H and O–H groups in total. The van der Waals surface area contributed by atoms with Crippen LogP contribution in [0.25, 0.3) is 10.2 Å². The third kappa shape index (κ3) is 3.18. The summed E-state index contributed by atoms with van der Waals surface area (Å²) >= 11 is 1.64. The standard InChI is InChI=1S/C22H24N4O2S/c1-14-11-16-19(24-13-25-21(16)29-14)26-10-4-7-18(26)20(27)23-12-22(28)9-8-15-5-2-3-6-17(15)22/h2-3,5-6,11,13,18,28H,4,7-10,12H2,1H3,(H,23,27). The number of nitrogens with zero attached hydrogens (tertiary/aromatic N) is 3. The Hall–Kier alpha value is -2.51. The van der Waals surface area contributed by atoms with E-state index in [-0.39, 0.29) is 18.5 Å². The first kappa shape index (κ1) is 18.5. The zero-order valence-corrected chi connectivity index (χ0v) is 17.2. The molecule has 1 amide bonds. The predicted octanol–water partition coefficient (Wildman–Crippen LogP) is 2.92. The lowest BCUT2D eigenvalue weighted by molar-refractivity contribution is -0.123. The fourth-order valence-corrected chi connectivity index (χ4v) is 5.53. The molecule has 3 aromatic rings. The molecule has 0 radical (unpaired) electrons. The van der Waals surface area contributed by atoms with Crippen molar-refractivity contribution < 1.29 is 9.90 Å². The minimum absolute atomic E-state index is 0.0426.